The number of hydrogen-bond donors (Lipinski definition) is 1. The average Bonchev–Trinajstić information content (AvgIpc) is 3.17. The number of carbonyl (C=O) groups excluding carboxylic acids is 1. The molecule has 0 saturated carbocycles. The Morgan fingerprint density at radius 3 is 2.66 bits per heavy atom. The summed E-state index contributed by atoms with van der Waals surface area (Å²) >= 11 is 15.1. The fourth-order valence-corrected chi connectivity index (χ4v) is 4.70. The van der Waals surface area contributed by atoms with E-state index in [1.807, 2.05) is 6.07 Å². The van der Waals surface area contributed by atoms with Crippen molar-refractivity contribution < 1.29 is 14.3 Å². The molecule has 2 aromatic carbocycles. The number of rotatable bonds is 8. The Kier molecular flexibility index (Phi) is 7.60. The highest BCUT2D eigenvalue weighted by Crippen LogP contribution is 2.31. The maximum Gasteiger partial charge on any atom is 0.257 e. The first-order valence-corrected chi connectivity index (χ1v) is 11.0. The summed E-state index contributed by atoms with van der Waals surface area (Å²) in [5.41, 5.74) is 0.436. The molecule has 0 spiro atoms. The molecule has 0 aliphatic heterocycles. The van der Waals surface area contributed by atoms with Crippen LogP contribution in [0.4, 0.5) is 5.13 Å². The van der Waals surface area contributed by atoms with E-state index in [2.05, 4.69) is 15.5 Å². The second-order valence-corrected chi connectivity index (χ2v) is 8.74. The third kappa shape index (κ3) is 5.76. The minimum atomic E-state index is -0.297. The first kappa shape index (κ1) is 21.7. The normalized spacial score (nSPS) is 10.6. The van der Waals surface area contributed by atoms with Crippen molar-refractivity contribution in [3.05, 3.63) is 57.0 Å². The number of nitrogens with one attached hydrogen (secondary N) is 1. The summed E-state index contributed by atoms with van der Waals surface area (Å²) in [7, 11) is 3.06. The summed E-state index contributed by atoms with van der Waals surface area (Å²) < 4.78 is 10.4. The topological polar surface area (TPSA) is 73.3 Å². The van der Waals surface area contributed by atoms with Gasteiger partial charge in [0.2, 0.25) is 5.13 Å². The van der Waals surface area contributed by atoms with Gasteiger partial charge >= 0.3 is 0 Å². The lowest BCUT2D eigenvalue weighted by molar-refractivity contribution is 0.102. The lowest BCUT2D eigenvalue weighted by atomic mass is 10.2. The van der Waals surface area contributed by atoms with Crippen LogP contribution in [0, 0.1) is 0 Å². The summed E-state index contributed by atoms with van der Waals surface area (Å²) in [6.45, 7) is 0. The molecular weight excluding hydrogens is 453 g/mol. The molecule has 0 bridgehead atoms. The van der Waals surface area contributed by atoms with Gasteiger partial charge in [0.1, 0.15) is 5.01 Å². The van der Waals surface area contributed by atoms with E-state index in [1.54, 1.807) is 49.2 Å². The van der Waals surface area contributed by atoms with Crippen LogP contribution in [0.2, 0.25) is 10.0 Å². The molecule has 6 nitrogen and oxygen atoms in total. The van der Waals surface area contributed by atoms with E-state index in [0.717, 1.165) is 15.7 Å². The number of hydrogen-bond acceptors (Lipinski definition) is 7. The largest absolute Gasteiger partial charge is 0.493 e. The maximum absolute atomic E-state index is 12.5. The standard InChI is InChI=1S/C19H17Cl2N3O3S2/c1-26-14-6-3-11(9-15(14)27-2)18(25)22-19-24-23-17(29-19)7-8-28-16-10-12(20)4-5-13(16)21/h3-6,9-10H,7-8H2,1-2H3,(H,22,24,25). The van der Waals surface area contributed by atoms with E-state index >= 15 is 0 Å². The number of nitrogens with zero attached hydrogens (tertiary/aromatic N) is 2. The summed E-state index contributed by atoms with van der Waals surface area (Å²) in [5.74, 6) is 1.50. The van der Waals surface area contributed by atoms with E-state index in [9.17, 15) is 4.79 Å². The molecule has 1 aromatic heterocycles. The molecule has 0 aliphatic rings. The number of anilines is 1. The highest BCUT2D eigenvalue weighted by molar-refractivity contribution is 7.99. The van der Waals surface area contributed by atoms with Gasteiger partial charge in [-0.1, -0.05) is 34.5 Å². The predicted octanol–water partition coefficient (Wildman–Crippen LogP) is 5.45. The van der Waals surface area contributed by atoms with Crippen LogP contribution in [-0.4, -0.2) is 36.1 Å². The number of aryl methyl sites for hydroxylation is 1. The minimum Gasteiger partial charge on any atom is -0.493 e. The van der Waals surface area contributed by atoms with Crippen LogP contribution >= 0.6 is 46.3 Å². The number of methoxy groups -OCH3 is 2. The Bertz CT molecular complexity index is 1010. The van der Waals surface area contributed by atoms with E-state index in [0.29, 0.717) is 38.7 Å². The second-order valence-electron chi connectivity index (χ2n) is 5.70. The fraction of sp³-hybridized carbons (Fsp3) is 0.211. The van der Waals surface area contributed by atoms with Gasteiger partial charge < -0.3 is 9.47 Å². The molecule has 0 radical (unpaired) electrons. The lowest BCUT2D eigenvalue weighted by Gasteiger charge is -2.08. The van der Waals surface area contributed by atoms with E-state index in [-0.39, 0.29) is 5.91 Å². The second kappa shape index (κ2) is 10.2. The first-order chi connectivity index (χ1) is 14.0. The Balaban J connectivity index is 1.57. The van der Waals surface area contributed by atoms with Gasteiger partial charge in [0.05, 0.1) is 19.2 Å². The smallest absolute Gasteiger partial charge is 0.257 e. The molecule has 10 heteroatoms. The monoisotopic (exact) mass is 469 g/mol. The summed E-state index contributed by atoms with van der Waals surface area (Å²) in [6.07, 6.45) is 0.692. The zero-order chi connectivity index (χ0) is 20.8. The van der Waals surface area contributed by atoms with Crippen LogP contribution < -0.4 is 14.8 Å². The molecule has 0 aliphatic carbocycles. The van der Waals surface area contributed by atoms with Gasteiger partial charge in [-0.2, -0.15) is 0 Å². The molecule has 0 fully saturated rings. The Morgan fingerprint density at radius 1 is 1.10 bits per heavy atom. The van der Waals surface area contributed by atoms with Crippen molar-refractivity contribution >= 4 is 57.3 Å². The minimum absolute atomic E-state index is 0.297. The number of thioether (sulfide) groups is 1. The van der Waals surface area contributed by atoms with Crippen LogP contribution in [-0.2, 0) is 6.42 Å². The summed E-state index contributed by atoms with van der Waals surface area (Å²) in [6, 6.07) is 10.3. The molecule has 0 atom stereocenters. The van der Waals surface area contributed by atoms with Crippen molar-refractivity contribution in [3.8, 4) is 11.5 Å². The van der Waals surface area contributed by atoms with Crippen LogP contribution in [0.3, 0.4) is 0 Å². The van der Waals surface area contributed by atoms with E-state index < -0.39 is 0 Å². The van der Waals surface area contributed by atoms with E-state index in [4.69, 9.17) is 32.7 Å². The number of halogens is 2. The molecule has 3 rings (SSSR count). The Labute approximate surface area is 186 Å². The average molecular weight is 470 g/mol. The van der Waals surface area contributed by atoms with Gasteiger partial charge in [-0.25, -0.2) is 0 Å². The van der Waals surface area contributed by atoms with Crippen molar-refractivity contribution in [1.82, 2.24) is 10.2 Å². The van der Waals surface area contributed by atoms with Crippen LogP contribution in [0.1, 0.15) is 15.4 Å². The quantitative estimate of drug-likeness (QED) is 0.442. The van der Waals surface area contributed by atoms with Crippen molar-refractivity contribution in [2.24, 2.45) is 0 Å². The Morgan fingerprint density at radius 2 is 1.90 bits per heavy atom. The molecule has 1 N–H and O–H groups in total. The molecule has 0 unspecified atom stereocenters. The van der Waals surface area contributed by atoms with Gasteiger partial charge in [-0.15, -0.1) is 22.0 Å². The van der Waals surface area contributed by atoms with Crippen LogP contribution in [0.5, 0.6) is 11.5 Å². The number of aromatic nitrogens is 2. The number of benzene rings is 2. The SMILES string of the molecule is COc1ccc(C(=O)Nc2nnc(CCSc3cc(Cl)ccc3Cl)s2)cc1OC. The highest BCUT2D eigenvalue weighted by Gasteiger charge is 2.13. The Hall–Kier alpha value is -2.00. The molecule has 0 saturated heterocycles. The predicted molar refractivity (Wildman–Crippen MR) is 118 cm³/mol. The molecule has 1 heterocycles. The van der Waals surface area contributed by atoms with Gasteiger partial charge in [0.15, 0.2) is 11.5 Å². The molecule has 152 valence electrons. The van der Waals surface area contributed by atoms with Crippen LogP contribution in [0.15, 0.2) is 41.3 Å². The zero-order valence-corrected chi connectivity index (χ0v) is 18.7. The fourth-order valence-electron chi connectivity index (χ4n) is 2.39. The van der Waals surface area contributed by atoms with Crippen molar-refractivity contribution in [1.29, 1.82) is 0 Å². The van der Waals surface area contributed by atoms with Gasteiger partial charge in [0, 0.05) is 27.7 Å². The van der Waals surface area contributed by atoms with Gasteiger partial charge in [0.25, 0.3) is 5.91 Å². The van der Waals surface area contributed by atoms with Gasteiger partial charge in [-0.3, -0.25) is 10.1 Å². The highest BCUT2D eigenvalue weighted by atomic mass is 35.5. The van der Waals surface area contributed by atoms with Crippen LogP contribution in [0.25, 0.3) is 0 Å². The maximum atomic E-state index is 12.5. The summed E-state index contributed by atoms with van der Waals surface area (Å²) in [4.78, 5) is 13.4. The number of amides is 1. The lowest BCUT2D eigenvalue weighted by Crippen LogP contribution is -2.11. The summed E-state index contributed by atoms with van der Waals surface area (Å²) in [5, 5.41) is 13.5. The van der Waals surface area contributed by atoms with E-state index in [1.165, 1.54) is 18.4 Å². The van der Waals surface area contributed by atoms with Crippen molar-refractivity contribution in [2.45, 2.75) is 11.3 Å². The van der Waals surface area contributed by atoms with Gasteiger partial charge in [-0.05, 0) is 36.4 Å². The number of ether oxygens (including phenoxy) is 2. The first-order valence-electron chi connectivity index (χ1n) is 8.43. The number of carbonyl (C=O) groups is 1. The molecule has 3 aromatic rings. The van der Waals surface area contributed by atoms with Crippen molar-refractivity contribution in [3.63, 3.8) is 0 Å². The molecule has 1 amide bonds. The third-order valence-electron chi connectivity index (χ3n) is 3.80. The zero-order valence-electron chi connectivity index (χ0n) is 15.6. The van der Waals surface area contributed by atoms with Crippen molar-refractivity contribution in [2.75, 3.05) is 25.3 Å². The third-order valence-corrected chi connectivity index (χ3v) is 6.43. The molecule has 29 heavy (non-hydrogen) atoms. The molecular formula is C19H17Cl2N3O3S2.